The Bertz CT molecular complexity index is 566. The minimum Gasteiger partial charge on any atom is -0.250 e. The van der Waals surface area contributed by atoms with Crippen molar-refractivity contribution in [3.8, 4) is 5.82 Å². The Morgan fingerprint density at radius 3 is 2.18 bits per heavy atom. The SMILES string of the molecule is Cc1nn(-c2c(CBr)c(C)nn2C)c(C)c1C. The van der Waals surface area contributed by atoms with Gasteiger partial charge in [-0.2, -0.15) is 10.2 Å². The summed E-state index contributed by atoms with van der Waals surface area (Å²) in [5, 5.41) is 9.85. The molecule has 17 heavy (non-hydrogen) atoms. The molecule has 92 valence electrons. The van der Waals surface area contributed by atoms with Crippen LogP contribution in [0, 0.1) is 27.7 Å². The lowest BCUT2D eigenvalue weighted by Gasteiger charge is -2.07. The summed E-state index contributed by atoms with van der Waals surface area (Å²) in [7, 11) is 1.96. The summed E-state index contributed by atoms with van der Waals surface area (Å²) in [6.07, 6.45) is 0. The van der Waals surface area contributed by atoms with E-state index in [0.29, 0.717) is 0 Å². The van der Waals surface area contributed by atoms with Gasteiger partial charge in [0.1, 0.15) is 0 Å². The lowest BCUT2D eigenvalue weighted by molar-refractivity contribution is 0.680. The van der Waals surface area contributed by atoms with Crippen molar-refractivity contribution in [1.29, 1.82) is 0 Å². The normalized spacial score (nSPS) is 11.2. The highest BCUT2D eigenvalue weighted by Gasteiger charge is 2.18. The lowest BCUT2D eigenvalue weighted by Crippen LogP contribution is -2.08. The van der Waals surface area contributed by atoms with E-state index in [4.69, 9.17) is 0 Å². The predicted octanol–water partition coefficient (Wildman–Crippen LogP) is 2.73. The smallest absolute Gasteiger partial charge is 0.156 e. The zero-order valence-corrected chi connectivity index (χ0v) is 12.5. The minimum absolute atomic E-state index is 0.791. The molecule has 0 saturated heterocycles. The molecule has 0 aliphatic carbocycles. The average molecular weight is 297 g/mol. The number of halogens is 1. The molecule has 0 unspecified atom stereocenters. The Hall–Kier alpha value is -1.10. The Morgan fingerprint density at radius 1 is 1.06 bits per heavy atom. The van der Waals surface area contributed by atoms with Gasteiger partial charge < -0.3 is 0 Å². The van der Waals surface area contributed by atoms with E-state index in [-0.39, 0.29) is 0 Å². The van der Waals surface area contributed by atoms with Crippen molar-refractivity contribution < 1.29 is 0 Å². The molecule has 0 fully saturated rings. The first kappa shape index (κ1) is 12.4. The van der Waals surface area contributed by atoms with Gasteiger partial charge in [0.25, 0.3) is 0 Å². The number of alkyl halides is 1. The largest absolute Gasteiger partial charge is 0.250 e. The topological polar surface area (TPSA) is 35.6 Å². The second-order valence-electron chi connectivity index (χ2n) is 4.35. The summed E-state index contributed by atoms with van der Waals surface area (Å²) in [6.45, 7) is 8.26. The van der Waals surface area contributed by atoms with Gasteiger partial charge in [0.2, 0.25) is 0 Å². The molecule has 2 aromatic rings. The Labute approximate surface area is 110 Å². The maximum atomic E-state index is 4.60. The van der Waals surface area contributed by atoms with Crippen LogP contribution < -0.4 is 0 Å². The van der Waals surface area contributed by atoms with Crippen LogP contribution in [0.2, 0.25) is 0 Å². The van der Waals surface area contributed by atoms with Gasteiger partial charge in [-0.25, -0.2) is 4.68 Å². The van der Waals surface area contributed by atoms with Crippen LogP contribution in [-0.2, 0) is 12.4 Å². The van der Waals surface area contributed by atoms with Crippen molar-refractivity contribution in [3.05, 3.63) is 28.2 Å². The molecule has 5 heteroatoms. The van der Waals surface area contributed by atoms with E-state index in [2.05, 4.69) is 40.0 Å². The van der Waals surface area contributed by atoms with E-state index in [1.165, 1.54) is 16.8 Å². The first-order valence-corrected chi connectivity index (χ1v) is 6.71. The first-order valence-electron chi connectivity index (χ1n) is 5.59. The maximum Gasteiger partial charge on any atom is 0.156 e. The van der Waals surface area contributed by atoms with E-state index < -0.39 is 0 Å². The van der Waals surface area contributed by atoms with Crippen LogP contribution in [0.1, 0.15) is 28.2 Å². The van der Waals surface area contributed by atoms with E-state index in [0.717, 1.165) is 22.5 Å². The zero-order valence-electron chi connectivity index (χ0n) is 10.9. The van der Waals surface area contributed by atoms with Crippen LogP contribution in [0.25, 0.3) is 5.82 Å². The van der Waals surface area contributed by atoms with Crippen molar-refractivity contribution in [2.45, 2.75) is 33.0 Å². The molecule has 0 radical (unpaired) electrons. The maximum absolute atomic E-state index is 4.60. The Balaban J connectivity index is 2.72. The quantitative estimate of drug-likeness (QED) is 0.799. The van der Waals surface area contributed by atoms with Crippen molar-refractivity contribution in [3.63, 3.8) is 0 Å². The molecular formula is C12H17BrN4. The van der Waals surface area contributed by atoms with Gasteiger partial charge in [-0.1, -0.05) is 15.9 Å². The number of hydrogen-bond acceptors (Lipinski definition) is 2. The number of aryl methyl sites for hydroxylation is 3. The molecule has 0 aromatic carbocycles. The third-order valence-corrected chi connectivity index (χ3v) is 3.86. The summed E-state index contributed by atoms with van der Waals surface area (Å²) in [5.74, 6) is 1.05. The number of nitrogens with zero attached hydrogens (tertiary/aromatic N) is 4. The molecule has 0 spiro atoms. The van der Waals surface area contributed by atoms with Crippen molar-refractivity contribution in [1.82, 2.24) is 19.6 Å². The van der Waals surface area contributed by atoms with E-state index in [1.54, 1.807) is 0 Å². The van der Waals surface area contributed by atoms with Crippen molar-refractivity contribution >= 4 is 15.9 Å². The molecule has 2 rings (SSSR count). The van der Waals surface area contributed by atoms with Crippen LogP contribution in [0.4, 0.5) is 0 Å². The highest BCUT2D eigenvalue weighted by molar-refractivity contribution is 9.08. The number of rotatable bonds is 2. The fraction of sp³-hybridized carbons (Fsp3) is 0.500. The standard InChI is InChI=1S/C12H17BrN4/c1-7-8(2)15-17(10(7)4)12-11(6-13)9(3)14-16(12)5/h6H2,1-5H3. The third kappa shape index (κ3) is 1.82. The molecule has 4 nitrogen and oxygen atoms in total. The fourth-order valence-corrected chi connectivity index (χ4v) is 2.69. The second-order valence-corrected chi connectivity index (χ2v) is 4.91. The van der Waals surface area contributed by atoms with Gasteiger partial charge in [0, 0.05) is 23.6 Å². The summed E-state index contributed by atoms with van der Waals surface area (Å²) in [5.41, 5.74) is 5.72. The highest BCUT2D eigenvalue weighted by Crippen LogP contribution is 2.23. The molecule has 0 aliphatic heterocycles. The third-order valence-electron chi connectivity index (χ3n) is 3.30. The molecule has 2 heterocycles. The number of aromatic nitrogens is 4. The Kier molecular flexibility index (Phi) is 3.12. The van der Waals surface area contributed by atoms with Crippen LogP contribution in [0.3, 0.4) is 0 Å². The van der Waals surface area contributed by atoms with E-state index in [1.807, 2.05) is 30.3 Å². The van der Waals surface area contributed by atoms with Gasteiger partial charge in [0.05, 0.1) is 11.4 Å². The van der Waals surface area contributed by atoms with Crippen LogP contribution in [0.5, 0.6) is 0 Å². The Morgan fingerprint density at radius 2 is 1.71 bits per heavy atom. The van der Waals surface area contributed by atoms with E-state index >= 15 is 0 Å². The molecule has 0 bridgehead atoms. The molecule has 0 amide bonds. The molecule has 0 aliphatic rings. The average Bonchev–Trinajstić information content (AvgIpc) is 2.69. The van der Waals surface area contributed by atoms with Crippen LogP contribution in [-0.4, -0.2) is 19.6 Å². The first-order chi connectivity index (χ1) is 7.97. The summed E-state index contributed by atoms with van der Waals surface area (Å²) in [4.78, 5) is 0. The lowest BCUT2D eigenvalue weighted by atomic mass is 10.2. The zero-order chi connectivity index (χ0) is 12.7. The van der Waals surface area contributed by atoms with Gasteiger partial charge in [-0.3, -0.25) is 4.68 Å². The van der Waals surface area contributed by atoms with Gasteiger partial charge >= 0.3 is 0 Å². The summed E-state index contributed by atoms with van der Waals surface area (Å²) in [6, 6.07) is 0. The minimum atomic E-state index is 0.791. The second kappa shape index (κ2) is 4.29. The van der Waals surface area contributed by atoms with Gasteiger partial charge in [0.15, 0.2) is 5.82 Å². The monoisotopic (exact) mass is 296 g/mol. The van der Waals surface area contributed by atoms with E-state index in [9.17, 15) is 0 Å². The van der Waals surface area contributed by atoms with Crippen LogP contribution in [0.15, 0.2) is 0 Å². The van der Waals surface area contributed by atoms with Gasteiger partial charge in [-0.05, 0) is 33.3 Å². The molecule has 0 saturated carbocycles. The van der Waals surface area contributed by atoms with Gasteiger partial charge in [-0.15, -0.1) is 0 Å². The molecular weight excluding hydrogens is 280 g/mol. The molecule has 0 N–H and O–H groups in total. The van der Waals surface area contributed by atoms with Crippen molar-refractivity contribution in [2.24, 2.45) is 7.05 Å². The molecule has 0 atom stereocenters. The molecule has 2 aromatic heterocycles. The van der Waals surface area contributed by atoms with Crippen LogP contribution >= 0.6 is 15.9 Å². The predicted molar refractivity (Wildman–Crippen MR) is 71.9 cm³/mol. The number of hydrogen-bond donors (Lipinski definition) is 0. The highest BCUT2D eigenvalue weighted by atomic mass is 79.9. The van der Waals surface area contributed by atoms with Crippen molar-refractivity contribution in [2.75, 3.05) is 0 Å². The summed E-state index contributed by atoms with van der Waals surface area (Å²) < 4.78 is 3.88. The summed E-state index contributed by atoms with van der Waals surface area (Å²) >= 11 is 3.53. The fourth-order valence-electron chi connectivity index (χ4n) is 2.04.